The lowest BCUT2D eigenvalue weighted by Gasteiger charge is -2.29. The summed E-state index contributed by atoms with van der Waals surface area (Å²) in [6, 6.07) is 6.47. The minimum atomic E-state index is -0.349. The van der Waals surface area contributed by atoms with Gasteiger partial charge in [0, 0.05) is 19.3 Å². The van der Waals surface area contributed by atoms with E-state index in [1.165, 1.54) is 25.0 Å². The first kappa shape index (κ1) is 12.8. The number of nitrogens with zero attached hydrogens (tertiary/aromatic N) is 2. The van der Waals surface area contributed by atoms with Crippen LogP contribution in [-0.2, 0) is 0 Å². The number of nitrogens with one attached hydrogen (secondary N) is 1. The molecule has 0 aromatic heterocycles. The highest BCUT2D eigenvalue weighted by molar-refractivity contribution is 5.51. The summed E-state index contributed by atoms with van der Waals surface area (Å²) in [5.74, 6) is 0.246. The van der Waals surface area contributed by atoms with Crippen LogP contribution < -0.4 is 10.2 Å². The number of rotatable bonds is 3. The highest BCUT2D eigenvalue weighted by Gasteiger charge is 2.15. The summed E-state index contributed by atoms with van der Waals surface area (Å²) < 4.78 is 13.4. The van der Waals surface area contributed by atoms with E-state index in [-0.39, 0.29) is 5.82 Å². The Morgan fingerprint density at radius 1 is 1.50 bits per heavy atom. The van der Waals surface area contributed by atoms with Crippen LogP contribution in [0.15, 0.2) is 18.2 Å². The molecule has 1 heterocycles. The molecule has 1 N–H and O–H groups in total. The maximum Gasteiger partial charge on any atom is 0.126 e. The third-order valence-electron chi connectivity index (χ3n) is 3.38. The lowest BCUT2D eigenvalue weighted by Crippen LogP contribution is -2.36. The van der Waals surface area contributed by atoms with Crippen molar-refractivity contribution in [2.75, 3.05) is 31.6 Å². The summed E-state index contributed by atoms with van der Waals surface area (Å²) in [5.41, 5.74) is 1.15. The molecule has 0 bridgehead atoms. The van der Waals surface area contributed by atoms with Gasteiger partial charge in [-0.2, -0.15) is 5.26 Å². The highest BCUT2D eigenvalue weighted by atomic mass is 19.1. The fourth-order valence-electron chi connectivity index (χ4n) is 2.43. The Labute approximate surface area is 107 Å². The van der Waals surface area contributed by atoms with Crippen molar-refractivity contribution in [3.05, 3.63) is 29.6 Å². The average Bonchev–Trinajstić information content (AvgIpc) is 2.39. The molecule has 0 saturated carbocycles. The van der Waals surface area contributed by atoms with Crippen molar-refractivity contribution in [2.24, 2.45) is 5.92 Å². The molecule has 2 rings (SSSR count). The van der Waals surface area contributed by atoms with Crippen molar-refractivity contribution in [3.8, 4) is 6.07 Å². The molecular weight excluding hydrogens is 229 g/mol. The van der Waals surface area contributed by atoms with E-state index in [4.69, 9.17) is 5.26 Å². The molecule has 0 radical (unpaired) electrons. The van der Waals surface area contributed by atoms with Crippen LogP contribution in [0.2, 0.25) is 0 Å². The van der Waals surface area contributed by atoms with E-state index in [2.05, 4.69) is 5.32 Å². The van der Waals surface area contributed by atoms with Crippen molar-refractivity contribution in [1.29, 1.82) is 5.26 Å². The van der Waals surface area contributed by atoms with Crippen LogP contribution in [-0.4, -0.2) is 26.7 Å². The van der Waals surface area contributed by atoms with Gasteiger partial charge in [0.1, 0.15) is 5.82 Å². The van der Waals surface area contributed by atoms with Gasteiger partial charge in [-0.15, -0.1) is 0 Å². The number of benzene rings is 1. The predicted octanol–water partition coefficient (Wildman–Crippen LogP) is 2.13. The number of hydrogen-bond acceptors (Lipinski definition) is 3. The number of anilines is 1. The van der Waals surface area contributed by atoms with Crippen molar-refractivity contribution in [3.63, 3.8) is 0 Å². The standard InChI is InChI=1S/C14H18FN3/c1-18(10-11-3-2-4-17-9-11)14-6-12(8-16)5-13(15)7-14/h5-7,11,17H,2-4,9-10H2,1H3. The van der Waals surface area contributed by atoms with Crippen LogP contribution in [0.1, 0.15) is 18.4 Å². The van der Waals surface area contributed by atoms with Gasteiger partial charge in [0.05, 0.1) is 11.6 Å². The summed E-state index contributed by atoms with van der Waals surface area (Å²) in [5, 5.41) is 12.2. The molecule has 1 aromatic rings. The maximum absolute atomic E-state index is 13.4. The van der Waals surface area contributed by atoms with Crippen LogP contribution >= 0.6 is 0 Å². The van der Waals surface area contributed by atoms with Gasteiger partial charge in [-0.25, -0.2) is 4.39 Å². The third kappa shape index (κ3) is 3.21. The summed E-state index contributed by atoms with van der Waals surface area (Å²) in [4.78, 5) is 2.03. The largest absolute Gasteiger partial charge is 0.374 e. The first-order valence-corrected chi connectivity index (χ1v) is 6.31. The lowest BCUT2D eigenvalue weighted by atomic mass is 9.99. The van der Waals surface area contributed by atoms with Crippen LogP contribution in [0.5, 0.6) is 0 Å². The fourth-order valence-corrected chi connectivity index (χ4v) is 2.43. The zero-order valence-electron chi connectivity index (χ0n) is 10.6. The number of halogens is 1. The van der Waals surface area contributed by atoms with E-state index in [1.54, 1.807) is 6.07 Å². The molecule has 1 fully saturated rings. The molecule has 0 amide bonds. The van der Waals surface area contributed by atoms with E-state index in [0.717, 1.165) is 25.3 Å². The SMILES string of the molecule is CN(CC1CCCNC1)c1cc(F)cc(C#N)c1. The summed E-state index contributed by atoms with van der Waals surface area (Å²) in [6.45, 7) is 3.00. The van der Waals surface area contributed by atoms with Gasteiger partial charge in [0.25, 0.3) is 0 Å². The quantitative estimate of drug-likeness (QED) is 0.889. The van der Waals surface area contributed by atoms with Gasteiger partial charge in [-0.3, -0.25) is 0 Å². The van der Waals surface area contributed by atoms with E-state index < -0.39 is 0 Å². The molecular formula is C14H18FN3. The van der Waals surface area contributed by atoms with Crippen LogP contribution in [0, 0.1) is 23.1 Å². The maximum atomic E-state index is 13.4. The molecule has 18 heavy (non-hydrogen) atoms. The second-order valence-electron chi connectivity index (χ2n) is 4.90. The molecule has 1 aliphatic heterocycles. The van der Waals surface area contributed by atoms with Crippen molar-refractivity contribution >= 4 is 5.69 Å². The first-order chi connectivity index (χ1) is 8.69. The second-order valence-corrected chi connectivity index (χ2v) is 4.90. The van der Waals surface area contributed by atoms with Crippen molar-refractivity contribution < 1.29 is 4.39 Å². The van der Waals surface area contributed by atoms with Crippen molar-refractivity contribution in [1.82, 2.24) is 5.32 Å². The number of piperidine rings is 1. The van der Waals surface area contributed by atoms with Gasteiger partial charge >= 0.3 is 0 Å². The molecule has 1 saturated heterocycles. The fraction of sp³-hybridized carbons (Fsp3) is 0.500. The van der Waals surface area contributed by atoms with Gasteiger partial charge in [-0.1, -0.05) is 0 Å². The molecule has 1 aliphatic rings. The third-order valence-corrected chi connectivity index (χ3v) is 3.38. The van der Waals surface area contributed by atoms with Gasteiger partial charge in [0.15, 0.2) is 0 Å². The molecule has 3 nitrogen and oxygen atoms in total. The first-order valence-electron chi connectivity index (χ1n) is 6.31. The monoisotopic (exact) mass is 247 g/mol. The van der Waals surface area contributed by atoms with E-state index >= 15 is 0 Å². The van der Waals surface area contributed by atoms with Crippen molar-refractivity contribution in [2.45, 2.75) is 12.8 Å². The Bertz CT molecular complexity index is 447. The minimum absolute atomic E-state index is 0.349. The minimum Gasteiger partial charge on any atom is -0.374 e. The average molecular weight is 247 g/mol. The summed E-state index contributed by atoms with van der Waals surface area (Å²) >= 11 is 0. The van der Waals surface area contributed by atoms with Crippen LogP contribution in [0.3, 0.4) is 0 Å². The van der Waals surface area contributed by atoms with E-state index in [0.29, 0.717) is 11.5 Å². The summed E-state index contributed by atoms with van der Waals surface area (Å²) in [6.07, 6.45) is 2.41. The van der Waals surface area contributed by atoms with Crippen LogP contribution in [0.25, 0.3) is 0 Å². The van der Waals surface area contributed by atoms with Crippen LogP contribution in [0.4, 0.5) is 10.1 Å². The molecule has 4 heteroatoms. The Morgan fingerprint density at radius 3 is 3.00 bits per heavy atom. The number of nitriles is 1. The van der Waals surface area contributed by atoms with E-state index in [1.807, 2.05) is 18.0 Å². The van der Waals surface area contributed by atoms with E-state index in [9.17, 15) is 4.39 Å². The highest BCUT2D eigenvalue weighted by Crippen LogP contribution is 2.20. The predicted molar refractivity (Wildman–Crippen MR) is 70.0 cm³/mol. The molecule has 96 valence electrons. The molecule has 1 unspecified atom stereocenters. The number of hydrogen-bond donors (Lipinski definition) is 1. The Morgan fingerprint density at radius 2 is 2.33 bits per heavy atom. The molecule has 0 aliphatic carbocycles. The molecule has 1 atom stereocenters. The van der Waals surface area contributed by atoms with Gasteiger partial charge < -0.3 is 10.2 Å². The molecule has 0 spiro atoms. The smallest absolute Gasteiger partial charge is 0.126 e. The Hall–Kier alpha value is -1.60. The normalized spacial score (nSPS) is 19.3. The zero-order chi connectivity index (χ0) is 13.0. The topological polar surface area (TPSA) is 39.1 Å². The Balaban J connectivity index is 2.05. The van der Waals surface area contributed by atoms with Gasteiger partial charge in [0.2, 0.25) is 0 Å². The zero-order valence-corrected chi connectivity index (χ0v) is 10.6. The Kier molecular flexibility index (Phi) is 4.16. The lowest BCUT2D eigenvalue weighted by molar-refractivity contribution is 0.381. The second kappa shape index (κ2) is 5.83. The summed E-state index contributed by atoms with van der Waals surface area (Å²) in [7, 11) is 1.95. The molecule has 1 aromatic carbocycles. The van der Waals surface area contributed by atoms with Gasteiger partial charge in [-0.05, 0) is 50.0 Å².